The van der Waals surface area contributed by atoms with Crippen molar-refractivity contribution in [2.45, 2.75) is 58.1 Å². The SMILES string of the molecule is CC(C)(C)OC(=O)N[C@@H](C(=O)NCC#N)C1CCCC1. The largest absolute Gasteiger partial charge is 0.444 e. The lowest BCUT2D eigenvalue weighted by atomic mass is 9.97. The molecule has 6 nitrogen and oxygen atoms in total. The summed E-state index contributed by atoms with van der Waals surface area (Å²) in [5.74, 6) is -0.203. The van der Waals surface area contributed by atoms with Gasteiger partial charge in [-0.25, -0.2) is 4.79 Å². The molecule has 112 valence electrons. The third kappa shape index (κ3) is 5.47. The lowest BCUT2D eigenvalue weighted by Gasteiger charge is -2.26. The molecule has 0 aliphatic heterocycles. The molecular weight excluding hydrogens is 258 g/mol. The Kier molecular flexibility index (Phi) is 5.81. The second-order valence-electron chi connectivity index (χ2n) is 6.04. The third-order valence-corrected chi connectivity index (χ3v) is 3.17. The number of nitrogens with zero attached hydrogens (tertiary/aromatic N) is 1. The Morgan fingerprint density at radius 3 is 2.45 bits per heavy atom. The van der Waals surface area contributed by atoms with Crippen LogP contribution in [-0.2, 0) is 9.53 Å². The second kappa shape index (κ2) is 7.13. The number of alkyl carbamates (subject to hydrolysis) is 1. The van der Waals surface area contributed by atoms with Crippen molar-refractivity contribution in [2.24, 2.45) is 5.92 Å². The summed E-state index contributed by atoms with van der Waals surface area (Å²) >= 11 is 0. The summed E-state index contributed by atoms with van der Waals surface area (Å²) < 4.78 is 5.19. The van der Waals surface area contributed by atoms with Crippen molar-refractivity contribution < 1.29 is 14.3 Å². The maximum Gasteiger partial charge on any atom is 0.408 e. The number of nitriles is 1. The van der Waals surface area contributed by atoms with Gasteiger partial charge in [-0.3, -0.25) is 4.79 Å². The average Bonchev–Trinajstić information content (AvgIpc) is 2.84. The molecule has 2 amide bonds. The van der Waals surface area contributed by atoms with Crippen LogP contribution in [-0.4, -0.2) is 30.2 Å². The molecule has 1 atom stereocenters. The van der Waals surface area contributed by atoms with Crippen LogP contribution in [0.5, 0.6) is 0 Å². The van der Waals surface area contributed by atoms with Crippen molar-refractivity contribution in [2.75, 3.05) is 6.54 Å². The number of ether oxygens (including phenoxy) is 1. The van der Waals surface area contributed by atoms with E-state index in [1.807, 2.05) is 6.07 Å². The minimum atomic E-state index is -0.624. The fourth-order valence-electron chi connectivity index (χ4n) is 2.36. The number of rotatable bonds is 4. The lowest BCUT2D eigenvalue weighted by Crippen LogP contribution is -2.51. The monoisotopic (exact) mass is 281 g/mol. The number of amides is 2. The molecule has 1 aliphatic rings. The topological polar surface area (TPSA) is 91.2 Å². The van der Waals surface area contributed by atoms with Crippen LogP contribution < -0.4 is 10.6 Å². The molecule has 1 aliphatic carbocycles. The van der Waals surface area contributed by atoms with Crippen molar-refractivity contribution in [3.63, 3.8) is 0 Å². The van der Waals surface area contributed by atoms with Gasteiger partial charge in [-0.2, -0.15) is 5.26 Å². The summed E-state index contributed by atoms with van der Waals surface area (Å²) in [4.78, 5) is 23.9. The van der Waals surface area contributed by atoms with Crippen molar-refractivity contribution in [3.8, 4) is 6.07 Å². The zero-order valence-electron chi connectivity index (χ0n) is 12.4. The number of nitrogens with one attached hydrogen (secondary N) is 2. The Morgan fingerprint density at radius 1 is 1.35 bits per heavy atom. The lowest BCUT2D eigenvalue weighted by molar-refractivity contribution is -0.124. The van der Waals surface area contributed by atoms with E-state index in [0.29, 0.717) is 0 Å². The molecule has 0 unspecified atom stereocenters. The molecule has 1 fully saturated rings. The highest BCUT2D eigenvalue weighted by molar-refractivity contribution is 5.86. The van der Waals surface area contributed by atoms with Crippen LogP contribution in [0, 0.1) is 17.2 Å². The number of hydrogen-bond donors (Lipinski definition) is 2. The highest BCUT2D eigenvalue weighted by atomic mass is 16.6. The molecule has 20 heavy (non-hydrogen) atoms. The predicted molar refractivity (Wildman–Crippen MR) is 73.7 cm³/mol. The molecule has 0 saturated heterocycles. The van der Waals surface area contributed by atoms with E-state index in [-0.39, 0.29) is 18.4 Å². The van der Waals surface area contributed by atoms with Gasteiger partial charge < -0.3 is 15.4 Å². The third-order valence-electron chi connectivity index (χ3n) is 3.17. The van der Waals surface area contributed by atoms with Gasteiger partial charge in [-0.1, -0.05) is 12.8 Å². The van der Waals surface area contributed by atoms with Gasteiger partial charge in [0.1, 0.15) is 18.2 Å². The first-order valence-corrected chi connectivity index (χ1v) is 6.97. The van der Waals surface area contributed by atoms with Crippen molar-refractivity contribution in [1.82, 2.24) is 10.6 Å². The van der Waals surface area contributed by atoms with E-state index in [1.54, 1.807) is 20.8 Å². The maximum absolute atomic E-state index is 12.1. The molecular formula is C14H23N3O3. The van der Waals surface area contributed by atoms with Crippen LogP contribution in [0.4, 0.5) is 4.79 Å². The van der Waals surface area contributed by atoms with Crippen molar-refractivity contribution in [1.29, 1.82) is 5.26 Å². The maximum atomic E-state index is 12.1. The Balaban J connectivity index is 2.65. The van der Waals surface area contributed by atoms with Crippen molar-refractivity contribution in [3.05, 3.63) is 0 Å². The number of carbonyl (C=O) groups excluding carboxylic acids is 2. The van der Waals surface area contributed by atoms with E-state index in [1.165, 1.54) is 0 Å². The number of carbonyl (C=O) groups is 2. The molecule has 1 rings (SSSR count). The average molecular weight is 281 g/mol. The van der Waals surface area contributed by atoms with Gasteiger partial charge in [0.05, 0.1) is 6.07 Å². The molecule has 0 heterocycles. The molecule has 0 spiro atoms. The summed E-state index contributed by atoms with van der Waals surface area (Å²) in [6.07, 6.45) is 3.33. The van der Waals surface area contributed by atoms with Gasteiger partial charge in [0.2, 0.25) is 5.91 Å². The predicted octanol–water partition coefficient (Wildman–Crippen LogP) is 1.71. The molecule has 2 N–H and O–H groups in total. The highest BCUT2D eigenvalue weighted by Crippen LogP contribution is 2.28. The van der Waals surface area contributed by atoms with E-state index in [0.717, 1.165) is 25.7 Å². The van der Waals surface area contributed by atoms with Crippen LogP contribution >= 0.6 is 0 Å². The van der Waals surface area contributed by atoms with E-state index in [2.05, 4.69) is 10.6 Å². The number of hydrogen-bond acceptors (Lipinski definition) is 4. The molecule has 6 heteroatoms. The van der Waals surface area contributed by atoms with Crippen LogP contribution in [0.1, 0.15) is 46.5 Å². The fourth-order valence-corrected chi connectivity index (χ4v) is 2.36. The normalized spacial score (nSPS) is 17.1. The smallest absolute Gasteiger partial charge is 0.408 e. The van der Waals surface area contributed by atoms with Gasteiger partial charge in [-0.15, -0.1) is 0 Å². The first-order valence-electron chi connectivity index (χ1n) is 6.97. The van der Waals surface area contributed by atoms with Crippen LogP contribution in [0.2, 0.25) is 0 Å². The summed E-state index contributed by atoms with van der Waals surface area (Å²) in [5, 5.41) is 13.7. The minimum Gasteiger partial charge on any atom is -0.444 e. The summed E-state index contributed by atoms with van der Waals surface area (Å²) in [6, 6.07) is 1.24. The van der Waals surface area contributed by atoms with Crippen LogP contribution in [0.3, 0.4) is 0 Å². The van der Waals surface area contributed by atoms with Gasteiger partial charge >= 0.3 is 6.09 Å². The zero-order valence-corrected chi connectivity index (χ0v) is 12.4. The highest BCUT2D eigenvalue weighted by Gasteiger charge is 2.33. The quantitative estimate of drug-likeness (QED) is 0.767. The Morgan fingerprint density at radius 2 is 1.95 bits per heavy atom. The first-order chi connectivity index (χ1) is 9.33. The molecule has 1 saturated carbocycles. The molecule has 0 bridgehead atoms. The van der Waals surface area contributed by atoms with Gasteiger partial charge in [0.15, 0.2) is 0 Å². The van der Waals surface area contributed by atoms with Crippen LogP contribution in [0.25, 0.3) is 0 Å². The van der Waals surface area contributed by atoms with Gasteiger partial charge in [0, 0.05) is 0 Å². The van der Waals surface area contributed by atoms with E-state index < -0.39 is 17.7 Å². The summed E-state index contributed by atoms with van der Waals surface area (Å²) in [5.41, 5.74) is -0.604. The Hall–Kier alpha value is -1.77. The van der Waals surface area contributed by atoms with Crippen LogP contribution in [0.15, 0.2) is 0 Å². The zero-order chi connectivity index (χ0) is 15.2. The molecule has 0 aromatic rings. The molecule has 0 radical (unpaired) electrons. The minimum absolute atomic E-state index is 0.0575. The Labute approximate surface area is 119 Å². The fraction of sp³-hybridized carbons (Fsp3) is 0.786. The Bertz CT molecular complexity index is 389. The molecule has 0 aromatic carbocycles. The van der Waals surface area contributed by atoms with Crippen molar-refractivity contribution >= 4 is 12.0 Å². The summed E-state index contributed by atoms with van der Waals surface area (Å²) in [7, 11) is 0. The standard InChI is InChI=1S/C14H23N3O3/c1-14(2,3)20-13(19)17-11(10-6-4-5-7-10)12(18)16-9-8-15/h10-11H,4-7,9H2,1-3H3,(H,16,18)(H,17,19)/t11-/m1/s1. The van der Waals surface area contributed by atoms with E-state index >= 15 is 0 Å². The molecule has 0 aromatic heterocycles. The van der Waals surface area contributed by atoms with Gasteiger partial charge in [0.25, 0.3) is 0 Å². The second-order valence-corrected chi connectivity index (χ2v) is 6.04. The van der Waals surface area contributed by atoms with Gasteiger partial charge in [-0.05, 0) is 39.5 Å². The van der Waals surface area contributed by atoms with E-state index in [9.17, 15) is 9.59 Å². The first kappa shape index (κ1) is 16.3. The summed E-state index contributed by atoms with van der Waals surface area (Å²) in [6.45, 7) is 5.25. The van der Waals surface area contributed by atoms with E-state index in [4.69, 9.17) is 10.00 Å².